The highest BCUT2D eigenvalue weighted by Crippen LogP contribution is 2.16. The Morgan fingerprint density at radius 2 is 1.65 bits per heavy atom. The van der Waals surface area contributed by atoms with Gasteiger partial charge in [0.2, 0.25) is 0 Å². The summed E-state index contributed by atoms with van der Waals surface area (Å²) in [7, 11) is 0. The minimum Gasteiger partial charge on any atom is -0.484 e. The van der Waals surface area contributed by atoms with E-state index in [-0.39, 0.29) is 12.5 Å². The zero-order valence-electron chi connectivity index (χ0n) is 10.7. The molecule has 0 atom stereocenters. The van der Waals surface area contributed by atoms with E-state index in [1.54, 1.807) is 48.5 Å². The molecule has 0 radical (unpaired) electrons. The first kappa shape index (κ1) is 13.6. The summed E-state index contributed by atoms with van der Waals surface area (Å²) in [5.74, 6) is -0.204. The summed E-state index contributed by atoms with van der Waals surface area (Å²) in [6.07, 6.45) is 0. The number of carbonyl (C=O) groups is 2. The van der Waals surface area contributed by atoms with Gasteiger partial charge in [0, 0.05) is 11.3 Å². The second-order valence-corrected chi connectivity index (χ2v) is 4.10. The molecule has 3 N–H and O–H groups in total. The average Bonchev–Trinajstić information content (AvgIpc) is 2.47. The van der Waals surface area contributed by atoms with Crippen LogP contribution >= 0.6 is 0 Å². The van der Waals surface area contributed by atoms with Crippen molar-refractivity contribution in [2.24, 2.45) is 5.73 Å². The van der Waals surface area contributed by atoms with Crippen LogP contribution in [0.3, 0.4) is 0 Å². The molecule has 0 aliphatic carbocycles. The van der Waals surface area contributed by atoms with Crippen molar-refractivity contribution in [2.75, 3.05) is 11.9 Å². The predicted molar refractivity (Wildman–Crippen MR) is 75.5 cm³/mol. The highest BCUT2D eigenvalue weighted by atomic mass is 16.5. The number of rotatable bonds is 5. The Kier molecular flexibility index (Phi) is 4.34. The van der Waals surface area contributed by atoms with E-state index in [0.29, 0.717) is 17.0 Å². The topological polar surface area (TPSA) is 81.4 Å². The van der Waals surface area contributed by atoms with Gasteiger partial charge in [-0.1, -0.05) is 18.2 Å². The van der Waals surface area contributed by atoms with Crippen molar-refractivity contribution in [3.8, 4) is 5.75 Å². The van der Waals surface area contributed by atoms with Crippen LogP contribution in [-0.2, 0) is 4.79 Å². The van der Waals surface area contributed by atoms with Crippen LogP contribution < -0.4 is 15.8 Å². The maximum atomic E-state index is 11.9. The van der Waals surface area contributed by atoms with Gasteiger partial charge in [-0.05, 0) is 36.4 Å². The van der Waals surface area contributed by atoms with E-state index < -0.39 is 5.91 Å². The molecule has 102 valence electrons. The molecule has 0 spiro atoms. The van der Waals surface area contributed by atoms with Crippen molar-refractivity contribution in [3.05, 3.63) is 60.2 Å². The van der Waals surface area contributed by atoms with Crippen LogP contribution in [-0.4, -0.2) is 18.4 Å². The van der Waals surface area contributed by atoms with Gasteiger partial charge in [-0.3, -0.25) is 9.59 Å². The Bertz CT molecular complexity index is 594. The van der Waals surface area contributed by atoms with Crippen molar-refractivity contribution in [3.63, 3.8) is 0 Å². The standard InChI is InChI=1S/C15H14N2O3/c16-14(18)10-20-13-8-6-12(7-9-13)17-15(19)11-4-2-1-3-5-11/h1-9H,10H2,(H2,16,18)(H,17,19). The molecule has 0 bridgehead atoms. The van der Waals surface area contributed by atoms with Crippen LogP contribution in [0.5, 0.6) is 5.75 Å². The Labute approximate surface area is 116 Å². The second kappa shape index (κ2) is 6.38. The summed E-state index contributed by atoms with van der Waals surface area (Å²) < 4.78 is 5.12. The largest absolute Gasteiger partial charge is 0.484 e. The van der Waals surface area contributed by atoms with E-state index >= 15 is 0 Å². The van der Waals surface area contributed by atoms with Gasteiger partial charge < -0.3 is 15.8 Å². The van der Waals surface area contributed by atoms with E-state index in [2.05, 4.69) is 5.32 Å². The quantitative estimate of drug-likeness (QED) is 0.869. The molecule has 0 saturated carbocycles. The van der Waals surface area contributed by atoms with Gasteiger partial charge in [0.25, 0.3) is 11.8 Å². The number of anilines is 1. The normalized spacial score (nSPS) is 9.80. The van der Waals surface area contributed by atoms with Crippen LogP contribution in [0.4, 0.5) is 5.69 Å². The van der Waals surface area contributed by atoms with Crippen LogP contribution in [0, 0.1) is 0 Å². The number of hydrogen-bond donors (Lipinski definition) is 2. The molecule has 5 nitrogen and oxygen atoms in total. The molecular weight excluding hydrogens is 256 g/mol. The molecule has 0 aliphatic rings. The molecule has 0 aliphatic heterocycles. The number of nitrogens with two attached hydrogens (primary N) is 1. The average molecular weight is 270 g/mol. The molecule has 0 heterocycles. The fourth-order valence-electron chi connectivity index (χ4n) is 1.58. The SMILES string of the molecule is NC(=O)COc1ccc(NC(=O)c2ccccc2)cc1. The minimum atomic E-state index is -0.536. The summed E-state index contributed by atoms with van der Waals surface area (Å²) in [4.78, 5) is 22.5. The van der Waals surface area contributed by atoms with E-state index in [0.717, 1.165) is 0 Å². The van der Waals surface area contributed by atoms with Crippen LogP contribution in [0.1, 0.15) is 10.4 Å². The molecule has 2 aromatic carbocycles. The number of carbonyl (C=O) groups excluding carboxylic acids is 2. The zero-order valence-corrected chi connectivity index (χ0v) is 10.7. The van der Waals surface area contributed by atoms with Gasteiger partial charge in [-0.2, -0.15) is 0 Å². The molecule has 2 amide bonds. The third-order valence-electron chi connectivity index (χ3n) is 2.53. The van der Waals surface area contributed by atoms with Gasteiger partial charge in [-0.15, -0.1) is 0 Å². The van der Waals surface area contributed by atoms with Gasteiger partial charge in [0.15, 0.2) is 6.61 Å². The fourth-order valence-corrected chi connectivity index (χ4v) is 1.58. The first-order valence-electron chi connectivity index (χ1n) is 6.03. The molecule has 0 fully saturated rings. The Morgan fingerprint density at radius 1 is 1.00 bits per heavy atom. The van der Waals surface area contributed by atoms with E-state index in [9.17, 15) is 9.59 Å². The number of nitrogens with one attached hydrogen (secondary N) is 1. The molecule has 0 saturated heterocycles. The van der Waals surface area contributed by atoms with Crippen LogP contribution in [0.25, 0.3) is 0 Å². The summed E-state index contributed by atoms with van der Waals surface area (Å²) in [5, 5.41) is 2.76. The summed E-state index contributed by atoms with van der Waals surface area (Å²) in [6, 6.07) is 15.6. The van der Waals surface area contributed by atoms with E-state index in [4.69, 9.17) is 10.5 Å². The van der Waals surface area contributed by atoms with Crippen molar-refractivity contribution >= 4 is 17.5 Å². The molecule has 5 heteroatoms. The number of hydrogen-bond acceptors (Lipinski definition) is 3. The van der Waals surface area contributed by atoms with Crippen molar-refractivity contribution in [1.29, 1.82) is 0 Å². The third-order valence-corrected chi connectivity index (χ3v) is 2.53. The highest BCUT2D eigenvalue weighted by molar-refractivity contribution is 6.04. The Hall–Kier alpha value is -2.82. The number of benzene rings is 2. The summed E-state index contributed by atoms with van der Waals surface area (Å²) in [5.41, 5.74) is 6.21. The van der Waals surface area contributed by atoms with Crippen LogP contribution in [0.2, 0.25) is 0 Å². The first-order valence-corrected chi connectivity index (χ1v) is 6.03. The molecule has 2 rings (SSSR count). The smallest absolute Gasteiger partial charge is 0.255 e. The maximum absolute atomic E-state index is 11.9. The molecule has 2 aromatic rings. The van der Waals surface area contributed by atoms with E-state index in [1.807, 2.05) is 6.07 Å². The second-order valence-electron chi connectivity index (χ2n) is 4.10. The van der Waals surface area contributed by atoms with Crippen molar-refractivity contribution in [1.82, 2.24) is 0 Å². The highest BCUT2D eigenvalue weighted by Gasteiger charge is 2.05. The third kappa shape index (κ3) is 3.84. The molecule has 20 heavy (non-hydrogen) atoms. The minimum absolute atomic E-state index is 0.171. The fraction of sp³-hybridized carbons (Fsp3) is 0.0667. The van der Waals surface area contributed by atoms with Gasteiger partial charge in [-0.25, -0.2) is 0 Å². The predicted octanol–water partition coefficient (Wildman–Crippen LogP) is 1.80. The number of ether oxygens (including phenoxy) is 1. The molecular formula is C15H14N2O3. The summed E-state index contributed by atoms with van der Waals surface area (Å²) >= 11 is 0. The summed E-state index contributed by atoms with van der Waals surface area (Å²) in [6.45, 7) is -0.171. The molecule has 0 aromatic heterocycles. The Balaban J connectivity index is 1.97. The van der Waals surface area contributed by atoms with E-state index in [1.165, 1.54) is 0 Å². The van der Waals surface area contributed by atoms with Crippen molar-refractivity contribution in [2.45, 2.75) is 0 Å². The van der Waals surface area contributed by atoms with Crippen LogP contribution in [0.15, 0.2) is 54.6 Å². The lowest BCUT2D eigenvalue weighted by Crippen LogP contribution is -2.20. The number of primary amides is 1. The lowest BCUT2D eigenvalue weighted by atomic mass is 10.2. The maximum Gasteiger partial charge on any atom is 0.255 e. The molecule has 0 unspecified atom stereocenters. The first-order chi connectivity index (χ1) is 9.65. The lowest BCUT2D eigenvalue weighted by molar-refractivity contribution is -0.119. The zero-order chi connectivity index (χ0) is 14.4. The van der Waals surface area contributed by atoms with Crippen molar-refractivity contribution < 1.29 is 14.3 Å². The number of amides is 2. The van der Waals surface area contributed by atoms with Gasteiger partial charge in [0.1, 0.15) is 5.75 Å². The van der Waals surface area contributed by atoms with Gasteiger partial charge in [0.05, 0.1) is 0 Å². The van der Waals surface area contributed by atoms with Gasteiger partial charge >= 0.3 is 0 Å². The monoisotopic (exact) mass is 270 g/mol. The Morgan fingerprint density at radius 3 is 2.25 bits per heavy atom. The lowest BCUT2D eigenvalue weighted by Gasteiger charge is -2.07.